The monoisotopic (exact) mass is 230 g/mol. The van der Waals surface area contributed by atoms with E-state index in [2.05, 4.69) is 4.98 Å². The van der Waals surface area contributed by atoms with Crippen LogP contribution in [0.4, 0.5) is 5.13 Å². The first kappa shape index (κ1) is 9.67. The van der Waals surface area contributed by atoms with Crippen LogP contribution in [0.2, 0.25) is 0 Å². The molecule has 1 aliphatic rings. The van der Waals surface area contributed by atoms with Crippen LogP contribution in [-0.2, 0) is 10.3 Å². The van der Waals surface area contributed by atoms with Crippen LogP contribution in [0.5, 0.6) is 0 Å². The molecule has 2 heterocycles. The van der Waals surface area contributed by atoms with Crippen LogP contribution in [0.25, 0.3) is 0 Å². The third-order valence-electron chi connectivity index (χ3n) is 2.17. The van der Waals surface area contributed by atoms with Crippen LogP contribution < -0.4 is 4.90 Å². The molecule has 1 aromatic heterocycles. The van der Waals surface area contributed by atoms with Crippen molar-refractivity contribution in [2.24, 2.45) is 0 Å². The summed E-state index contributed by atoms with van der Waals surface area (Å²) in [6.07, 6.45) is 4.31. The minimum Gasteiger partial charge on any atom is -0.308 e. The molecule has 0 aromatic carbocycles. The average molecular weight is 230 g/mol. The van der Waals surface area contributed by atoms with Gasteiger partial charge in [0, 0.05) is 24.5 Å². The van der Waals surface area contributed by atoms with Crippen molar-refractivity contribution in [1.29, 1.82) is 0 Å². The van der Waals surface area contributed by atoms with Gasteiger partial charge in [-0.3, -0.25) is 0 Å². The molecule has 0 bridgehead atoms. The molecule has 1 aromatic rings. The van der Waals surface area contributed by atoms with Gasteiger partial charge in [0.15, 0.2) is 5.13 Å². The van der Waals surface area contributed by atoms with Gasteiger partial charge in [-0.2, -0.15) is 8.42 Å². The van der Waals surface area contributed by atoms with Crippen LogP contribution in [0.3, 0.4) is 0 Å². The molecule has 4 nitrogen and oxygen atoms in total. The summed E-state index contributed by atoms with van der Waals surface area (Å²) >= 11 is 1.47. The fourth-order valence-electron chi connectivity index (χ4n) is 1.53. The lowest BCUT2D eigenvalue weighted by Crippen LogP contribution is -2.35. The van der Waals surface area contributed by atoms with Gasteiger partial charge in [0.05, 0.1) is 0 Å². The highest BCUT2D eigenvalue weighted by Gasteiger charge is 2.20. The smallest absolute Gasteiger partial charge is 0.234 e. The van der Waals surface area contributed by atoms with Crippen LogP contribution in [0.1, 0.15) is 19.3 Å². The largest absolute Gasteiger partial charge is 0.308 e. The summed E-state index contributed by atoms with van der Waals surface area (Å²) in [7, 11) is -2.11. The SMILES string of the molecule is O=S(=O)=C1CCCCN1c1nccs1. The zero-order chi connectivity index (χ0) is 9.97. The third-order valence-corrected chi connectivity index (χ3v) is 3.77. The maximum Gasteiger partial charge on any atom is 0.234 e. The summed E-state index contributed by atoms with van der Waals surface area (Å²) in [4.78, 5) is 6.40. The summed E-state index contributed by atoms with van der Waals surface area (Å²) in [5.74, 6) is 0. The summed E-state index contributed by atoms with van der Waals surface area (Å²) in [5.41, 5.74) is 0. The molecule has 76 valence electrons. The molecule has 0 aliphatic carbocycles. The van der Waals surface area contributed by atoms with Crippen molar-refractivity contribution in [3.05, 3.63) is 11.6 Å². The summed E-state index contributed by atoms with van der Waals surface area (Å²) in [6.45, 7) is 0.761. The number of aromatic nitrogens is 1. The van der Waals surface area contributed by atoms with Crippen LogP contribution >= 0.6 is 11.3 Å². The normalized spacial score (nSPS) is 17.1. The highest BCUT2D eigenvalue weighted by Crippen LogP contribution is 2.22. The zero-order valence-electron chi connectivity index (χ0n) is 7.51. The minimum atomic E-state index is -2.11. The topological polar surface area (TPSA) is 50.3 Å². The Labute approximate surface area is 87.7 Å². The van der Waals surface area contributed by atoms with Crippen LogP contribution in [-0.4, -0.2) is 24.9 Å². The van der Waals surface area contributed by atoms with Crippen molar-refractivity contribution >= 4 is 31.8 Å². The number of hydrogen-bond donors (Lipinski definition) is 0. The molecule has 0 unspecified atom stereocenters. The second-order valence-electron chi connectivity index (χ2n) is 3.05. The maximum atomic E-state index is 11.0. The van der Waals surface area contributed by atoms with Gasteiger partial charge in [0.2, 0.25) is 10.3 Å². The highest BCUT2D eigenvalue weighted by molar-refractivity contribution is 7.73. The minimum absolute atomic E-state index is 0.478. The molecule has 0 radical (unpaired) electrons. The number of thiazole rings is 1. The lowest BCUT2D eigenvalue weighted by Gasteiger charge is -2.25. The molecule has 1 fully saturated rings. The molecule has 1 saturated heterocycles. The lowest BCUT2D eigenvalue weighted by atomic mass is 10.1. The van der Waals surface area contributed by atoms with Crippen molar-refractivity contribution in [3.63, 3.8) is 0 Å². The fourth-order valence-corrected chi connectivity index (χ4v) is 2.95. The molecule has 6 heteroatoms. The van der Waals surface area contributed by atoms with E-state index in [0.29, 0.717) is 11.4 Å². The second-order valence-corrected chi connectivity index (χ2v) is 4.87. The maximum absolute atomic E-state index is 11.0. The second kappa shape index (κ2) is 4.10. The Kier molecular flexibility index (Phi) is 2.83. The molecule has 0 amide bonds. The highest BCUT2D eigenvalue weighted by atomic mass is 32.2. The van der Waals surface area contributed by atoms with Crippen molar-refractivity contribution in [3.8, 4) is 0 Å². The summed E-state index contributed by atoms with van der Waals surface area (Å²) in [6, 6.07) is 0. The number of piperidine rings is 1. The van der Waals surface area contributed by atoms with Gasteiger partial charge >= 0.3 is 0 Å². The van der Waals surface area contributed by atoms with Crippen LogP contribution in [0, 0.1) is 0 Å². The molecule has 1 aliphatic heterocycles. The summed E-state index contributed by atoms with van der Waals surface area (Å²) < 4.78 is 21.9. The lowest BCUT2D eigenvalue weighted by molar-refractivity contribution is 0.624. The van der Waals surface area contributed by atoms with Gasteiger partial charge in [-0.25, -0.2) is 4.98 Å². The molecule has 0 atom stereocenters. The third kappa shape index (κ3) is 1.80. The van der Waals surface area contributed by atoms with Gasteiger partial charge in [-0.15, -0.1) is 11.3 Å². The Morgan fingerprint density at radius 2 is 2.29 bits per heavy atom. The van der Waals surface area contributed by atoms with E-state index < -0.39 is 10.3 Å². The van der Waals surface area contributed by atoms with E-state index in [4.69, 9.17) is 0 Å². The molecule has 2 rings (SSSR count). The Bertz CT molecular complexity index is 428. The van der Waals surface area contributed by atoms with E-state index in [1.54, 1.807) is 11.1 Å². The van der Waals surface area contributed by atoms with Crippen molar-refractivity contribution < 1.29 is 8.42 Å². The first-order valence-corrected chi connectivity index (χ1v) is 6.36. The molecule has 0 N–H and O–H groups in total. The molecule has 0 saturated carbocycles. The average Bonchev–Trinajstić information content (AvgIpc) is 2.70. The van der Waals surface area contributed by atoms with Gasteiger partial charge in [0.1, 0.15) is 4.99 Å². The molecule has 14 heavy (non-hydrogen) atoms. The van der Waals surface area contributed by atoms with Crippen molar-refractivity contribution in [2.75, 3.05) is 11.4 Å². The standard InChI is InChI=1S/C8H10N2O2S2/c11-14(12)7-3-1-2-5-10(7)8-9-4-6-13-8/h4,6H,1-3,5H2. The fraction of sp³-hybridized carbons (Fsp3) is 0.500. The van der Waals surface area contributed by atoms with E-state index >= 15 is 0 Å². The molecular weight excluding hydrogens is 220 g/mol. The quantitative estimate of drug-likeness (QED) is 0.679. The van der Waals surface area contributed by atoms with Gasteiger partial charge in [0.25, 0.3) is 0 Å². The van der Waals surface area contributed by atoms with E-state index in [1.165, 1.54) is 11.3 Å². The van der Waals surface area contributed by atoms with Gasteiger partial charge < -0.3 is 4.90 Å². The first-order valence-electron chi connectivity index (χ1n) is 4.41. The van der Waals surface area contributed by atoms with Crippen LogP contribution in [0.15, 0.2) is 11.6 Å². The number of rotatable bonds is 1. The Hall–Kier alpha value is -0.880. The molecule has 0 spiro atoms. The van der Waals surface area contributed by atoms with E-state index in [9.17, 15) is 8.42 Å². The Balaban J connectivity index is 2.38. The number of hydrogen-bond acceptors (Lipinski definition) is 4. The van der Waals surface area contributed by atoms with E-state index in [0.717, 1.165) is 24.5 Å². The molecular formula is C8H10N2O2S2. The van der Waals surface area contributed by atoms with Gasteiger partial charge in [-0.05, 0) is 12.8 Å². The van der Waals surface area contributed by atoms with Crippen molar-refractivity contribution in [1.82, 2.24) is 4.98 Å². The summed E-state index contributed by atoms with van der Waals surface area (Å²) in [5, 5.41) is 2.64. The van der Waals surface area contributed by atoms with Gasteiger partial charge in [-0.1, -0.05) is 0 Å². The Morgan fingerprint density at radius 3 is 2.93 bits per heavy atom. The van der Waals surface area contributed by atoms with E-state index in [1.807, 2.05) is 5.38 Å². The predicted molar refractivity (Wildman–Crippen MR) is 57.2 cm³/mol. The number of anilines is 1. The first-order chi connectivity index (χ1) is 6.79. The van der Waals surface area contributed by atoms with E-state index in [-0.39, 0.29) is 0 Å². The zero-order valence-corrected chi connectivity index (χ0v) is 9.14. The predicted octanol–water partition coefficient (Wildman–Crippen LogP) is 1.14. The Morgan fingerprint density at radius 1 is 1.43 bits per heavy atom. The number of nitrogens with zero attached hydrogens (tertiary/aromatic N) is 2. The van der Waals surface area contributed by atoms with Crippen molar-refractivity contribution in [2.45, 2.75) is 19.3 Å².